The second-order valence-electron chi connectivity index (χ2n) is 2.50. The zero-order valence-electron chi connectivity index (χ0n) is 7.65. The largest absolute Gasteiger partial charge is 0.472 e. The van der Waals surface area contributed by atoms with Gasteiger partial charge in [0.2, 0.25) is 0 Å². The van der Waals surface area contributed by atoms with Crippen LogP contribution in [0.25, 0.3) is 0 Å². The summed E-state index contributed by atoms with van der Waals surface area (Å²) in [7, 11) is 0. The van der Waals surface area contributed by atoms with E-state index < -0.39 is 11.9 Å². The average molecular weight is 204 g/mol. The standard InChI is InChI=1S/C10H8N2O3/c13-9(6-7-10(14)15)12-11-8-4-2-1-3-5-8/h1-5,11H,(H,12,13)(H,14,15). The van der Waals surface area contributed by atoms with Gasteiger partial charge in [0, 0.05) is 11.8 Å². The zero-order chi connectivity index (χ0) is 11.1. The number of hydrazine groups is 1. The molecule has 0 saturated carbocycles. The second-order valence-corrected chi connectivity index (χ2v) is 2.50. The summed E-state index contributed by atoms with van der Waals surface area (Å²) in [6.07, 6.45) is 0. The van der Waals surface area contributed by atoms with Crippen LogP contribution in [0, 0.1) is 11.8 Å². The van der Waals surface area contributed by atoms with Gasteiger partial charge in [0.15, 0.2) is 0 Å². The molecule has 5 heteroatoms. The van der Waals surface area contributed by atoms with E-state index in [1.165, 1.54) is 0 Å². The molecule has 0 bridgehead atoms. The van der Waals surface area contributed by atoms with E-state index in [1.807, 2.05) is 12.0 Å². The number of benzene rings is 1. The lowest BCUT2D eigenvalue weighted by Crippen LogP contribution is -2.27. The molecular formula is C10H8N2O3. The van der Waals surface area contributed by atoms with E-state index >= 15 is 0 Å². The fourth-order valence-corrected chi connectivity index (χ4v) is 0.792. The van der Waals surface area contributed by atoms with Crippen molar-refractivity contribution in [2.24, 2.45) is 0 Å². The lowest BCUT2D eigenvalue weighted by molar-refractivity contribution is -0.130. The first kappa shape index (κ1) is 10.6. The molecule has 0 atom stereocenters. The van der Waals surface area contributed by atoms with Gasteiger partial charge in [0.1, 0.15) is 0 Å². The van der Waals surface area contributed by atoms with Gasteiger partial charge in [-0.15, -0.1) is 0 Å². The summed E-state index contributed by atoms with van der Waals surface area (Å²) in [5, 5.41) is 8.17. The summed E-state index contributed by atoms with van der Waals surface area (Å²) in [4.78, 5) is 20.9. The Morgan fingerprint density at radius 1 is 1.13 bits per heavy atom. The normalized spacial score (nSPS) is 8.27. The lowest BCUT2D eigenvalue weighted by atomic mass is 10.3. The second kappa shape index (κ2) is 5.29. The van der Waals surface area contributed by atoms with Gasteiger partial charge < -0.3 is 5.11 Å². The molecule has 0 spiro atoms. The maximum atomic E-state index is 10.9. The number of carboxylic acid groups (broad SMARTS) is 1. The highest BCUT2D eigenvalue weighted by molar-refractivity contribution is 6.00. The van der Waals surface area contributed by atoms with Crippen LogP contribution >= 0.6 is 0 Å². The van der Waals surface area contributed by atoms with Gasteiger partial charge in [0.05, 0.1) is 5.69 Å². The van der Waals surface area contributed by atoms with Crippen LogP contribution in [-0.4, -0.2) is 17.0 Å². The molecule has 1 rings (SSSR count). The predicted molar refractivity (Wildman–Crippen MR) is 53.6 cm³/mol. The van der Waals surface area contributed by atoms with Crippen LogP contribution in [0.1, 0.15) is 0 Å². The van der Waals surface area contributed by atoms with Crippen molar-refractivity contribution in [3.8, 4) is 11.8 Å². The number of rotatable bonds is 2. The highest BCUT2D eigenvalue weighted by Crippen LogP contribution is 2.01. The molecular weight excluding hydrogens is 196 g/mol. The van der Waals surface area contributed by atoms with Crippen LogP contribution in [0.15, 0.2) is 30.3 Å². The molecule has 1 aromatic carbocycles. The Morgan fingerprint density at radius 3 is 2.40 bits per heavy atom. The molecule has 0 unspecified atom stereocenters. The number of hydrogen-bond donors (Lipinski definition) is 3. The zero-order valence-corrected chi connectivity index (χ0v) is 7.65. The van der Waals surface area contributed by atoms with Gasteiger partial charge in [-0.25, -0.2) is 4.79 Å². The predicted octanol–water partition coefficient (Wildman–Crippen LogP) is 0.218. The average Bonchev–Trinajstić information content (AvgIpc) is 2.25. The first-order chi connectivity index (χ1) is 7.18. The van der Waals surface area contributed by atoms with Crippen LogP contribution in [0.2, 0.25) is 0 Å². The van der Waals surface area contributed by atoms with Crippen molar-refractivity contribution in [1.82, 2.24) is 5.43 Å². The number of anilines is 1. The molecule has 0 aromatic heterocycles. The monoisotopic (exact) mass is 204 g/mol. The van der Waals surface area contributed by atoms with E-state index in [0.717, 1.165) is 0 Å². The number of para-hydroxylation sites is 1. The van der Waals surface area contributed by atoms with Crippen molar-refractivity contribution in [1.29, 1.82) is 0 Å². The van der Waals surface area contributed by atoms with Gasteiger partial charge >= 0.3 is 11.9 Å². The van der Waals surface area contributed by atoms with Crippen LogP contribution in [0.3, 0.4) is 0 Å². The lowest BCUT2D eigenvalue weighted by Gasteiger charge is -2.03. The van der Waals surface area contributed by atoms with Crippen LogP contribution < -0.4 is 10.9 Å². The van der Waals surface area contributed by atoms with Crippen molar-refractivity contribution in [3.05, 3.63) is 30.3 Å². The van der Waals surface area contributed by atoms with E-state index in [-0.39, 0.29) is 0 Å². The van der Waals surface area contributed by atoms with Crippen LogP contribution in [-0.2, 0) is 9.59 Å². The Morgan fingerprint density at radius 2 is 1.80 bits per heavy atom. The Bertz CT molecular complexity index is 417. The van der Waals surface area contributed by atoms with Crippen molar-refractivity contribution in [3.63, 3.8) is 0 Å². The first-order valence-electron chi connectivity index (χ1n) is 4.04. The topological polar surface area (TPSA) is 78.4 Å². The summed E-state index contributed by atoms with van der Waals surface area (Å²) < 4.78 is 0. The molecule has 76 valence electrons. The van der Waals surface area contributed by atoms with Crippen LogP contribution in [0.5, 0.6) is 0 Å². The van der Waals surface area contributed by atoms with Gasteiger partial charge in [-0.3, -0.25) is 15.6 Å². The van der Waals surface area contributed by atoms with Crippen molar-refractivity contribution in [2.75, 3.05) is 5.43 Å². The van der Waals surface area contributed by atoms with Gasteiger partial charge in [0.25, 0.3) is 0 Å². The van der Waals surface area contributed by atoms with Gasteiger partial charge in [-0.1, -0.05) is 18.2 Å². The number of carboxylic acids is 1. The molecule has 0 saturated heterocycles. The van der Waals surface area contributed by atoms with E-state index in [0.29, 0.717) is 5.69 Å². The van der Waals surface area contributed by atoms with E-state index in [4.69, 9.17) is 5.11 Å². The molecule has 0 fully saturated rings. The number of carbonyl (C=O) groups is 2. The van der Waals surface area contributed by atoms with Crippen molar-refractivity contribution < 1.29 is 14.7 Å². The summed E-state index contributed by atoms with van der Waals surface area (Å²) in [6.45, 7) is 0. The van der Waals surface area contributed by atoms with Crippen molar-refractivity contribution >= 4 is 17.6 Å². The summed E-state index contributed by atoms with van der Waals surface area (Å²) >= 11 is 0. The van der Waals surface area contributed by atoms with Gasteiger partial charge in [-0.2, -0.15) is 0 Å². The van der Waals surface area contributed by atoms with Crippen LogP contribution in [0.4, 0.5) is 5.69 Å². The number of carbonyl (C=O) groups excluding carboxylic acids is 1. The minimum Gasteiger partial charge on any atom is -0.472 e. The number of amides is 1. The van der Waals surface area contributed by atoms with Crippen molar-refractivity contribution in [2.45, 2.75) is 0 Å². The molecule has 0 aliphatic heterocycles. The summed E-state index contributed by atoms with van der Waals surface area (Å²) in [5.41, 5.74) is 5.48. The Kier molecular flexibility index (Phi) is 3.74. The molecule has 0 heterocycles. The third kappa shape index (κ3) is 4.33. The highest BCUT2D eigenvalue weighted by Gasteiger charge is 1.94. The molecule has 15 heavy (non-hydrogen) atoms. The first-order valence-corrected chi connectivity index (χ1v) is 4.04. The molecule has 1 aromatic rings. The summed E-state index contributed by atoms with van der Waals surface area (Å²) in [6, 6.07) is 8.89. The molecule has 0 radical (unpaired) electrons. The van der Waals surface area contributed by atoms with Gasteiger partial charge in [-0.05, 0) is 12.1 Å². The fourth-order valence-electron chi connectivity index (χ4n) is 0.792. The molecule has 3 N–H and O–H groups in total. The Balaban J connectivity index is 2.43. The molecule has 5 nitrogen and oxygen atoms in total. The molecule has 0 aliphatic carbocycles. The highest BCUT2D eigenvalue weighted by atomic mass is 16.4. The minimum atomic E-state index is -1.34. The number of nitrogens with one attached hydrogen (secondary N) is 2. The third-order valence-electron chi connectivity index (χ3n) is 1.38. The maximum Gasteiger partial charge on any atom is 0.382 e. The smallest absolute Gasteiger partial charge is 0.382 e. The minimum absolute atomic E-state index is 0.683. The molecule has 0 aliphatic rings. The SMILES string of the molecule is O=C(O)C#CC(=O)NNc1ccccc1. The van der Waals surface area contributed by atoms with E-state index in [2.05, 4.69) is 10.9 Å². The van der Waals surface area contributed by atoms with E-state index in [9.17, 15) is 9.59 Å². The maximum absolute atomic E-state index is 10.9. The Labute approximate surface area is 86.1 Å². The van der Waals surface area contributed by atoms with E-state index in [1.54, 1.807) is 30.2 Å². The molecule has 1 amide bonds. The fraction of sp³-hybridized carbons (Fsp3) is 0. The number of hydrogen-bond acceptors (Lipinski definition) is 3. The number of aliphatic carboxylic acids is 1. The third-order valence-corrected chi connectivity index (χ3v) is 1.38. The quantitative estimate of drug-likeness (QED) is 0.475. The Hall–Kier alpha value is -2.48. The summed E-state index contributed by atoms with van der Waals surface area (Å²) in [5.74, 6) is 1.54.